The summed E-state index contributed by atoms with van der Waals surface area (Å²) in [7, 11) is 0. The summed E-state index contributed by atoms with van der Waals surface area (Å²) in [4.78, 5) is 28.1. The molecule has 0 aliphatic rings. The number of anilines is 1. The summed E-state index contributed by atoms with van der Waals surface area (Å²) in [6.07, 6.45) is 3.30. The molecular formula is C19H15N5O2S. The van der Waals surface area contributed by atoms with E-state index >= 15 is 0 Å². The summed E-state index contributed by atoms with van der Waals surface area (Å²) in [5, 5.41) is 11.0. The minimum Gasteiger partial charge on any atom is -0.332 e. The third-order valence-electron chi connectivity index (χ3n) is 4.25. The van der Waals surface area contributed by atoms with Crippen molar-refractivity contribution in [2.45, 2.75) is 6.54 Å². The van der Waals surface area contributed by atoms with Gasteiger partial charge in [-0.15, -0.1) is 6.58 Å². The number of hydrogen-bond donors (Lipinski definition) is 3. The molecule has 4 aromatic rings. The largest absolute Gasteiger partial charge is 0.332 e. The Morgan fingerprint density at radius 2 is 2.11 bits per heavy atom. The topological polar surface area (TPSA) is 95.6 Å². The standard InChI is InChI=1S/C19H15N5O2S/c1-2-7-24-18(26)14-5-3-11(9-16(14)22-19(24)27)17(25)21-13-4-6-15-12(8-13)10-20-23-15/h2-6,8-10H,1,7H2,(H,20,23)(H,21,25)(H,22,27). The van der Waals surface area contributed by atoms with Crippen LogP contribution >= 0.6 is 12.2 Å². The minimum atomic E-state index is -0.283. The van der Waals surface area contributed by atoms with Gasteiger partial charge in [0.15, 0.2) is 4.77 Å². The summed E-state index contributed by atoms with van der Waals surface area (Å²) < 4.78 is 1.71. The Bertz CT molecular complexity index is 1320. The van der Waals surface area contributed by atoms with Crippen molar-refractivity contribution < 1.29 is 4.79 Å². The van der Waals surface area contributed by atoms with Gasteiger partial charge in [-0.1, -0.05) is 6.08 Å². The van der Waals surface area contributed by atoms with Gasteiger partial charge >= 0.3 is 0 Å². The van der Waals surface area contributed by atoms with Crippen molar-refractivity contribution in [2.75, 3.05) is 5.32 Å². The highest BCUT2D eigenvalue weighted by molar-refractivity contribution is 7.71. The fourth-order valence-corrected chi connectivity index (χ4v) is 3.18. The number of H-pyrrole nitrogens is 2. The average molecular weight is 377 g/mol. The molecule has 2 heterocycles. The Morgan fingerprint density at radius 3 is 2.93 bits per heavy atom. The number of nitrogens with zero attached hydrogens (tertiary/aromatic N) is 2. The van der Waals surface area contributed by atoms with Crippen molar-refractivity contribution in [2.24, 2.45) is 0 Å². The Balaban J connectivity index is 1.69. The fourth-order valence-electron chi connectivity index (χ4n) is 2.91. The van der Waals surface area contributed by atoms with E-state index in [4.69, 9.17) is 12.2 Å². The van der Waals surface area contributed by atoms with E-state index in [0.717, 1.165) is 10.9 Å². The Labute approximate surface area is 158 Å². The van der Waals surface area contributed by atoms with Gasteiger partial charge < -0.3 is 10.3 Å². The molecule has 1 amide bonds. The Morgan fingerprint density at radius 1 is 1.26 bits per heavy atom. The Kier molecular flexibility index (Phi) is 4.17. The first-order valence-electron chi connectivity index (χ1n) is 8.19. The summed E-state index contributed by atoms with van der Waals surface area (Å²) in [6, 6.07) is 10.3. The van der Waals surface area contributed by atoms with Gasteiger partial charge in [0.2, 0.25) is 0 Å². The molecule has 2 aromatic carbocycles. The molecule has 0 aliphatic carbocycles. The summed E-state index contributed by atoms with van der Waals surface area (Å²) in [5.41, 5.74) is 2.26. The number of hydrogen-bond acceptors (Lipinski definition) is 4. The highest BCUT2D eigenvalue weighted by Gasteiger charge is 2.11. The lowest BCUT2D eigenvalue weighted by molar-refractivity contribution is 0.102. The van der Waals surface area contributed by atoms with E-state index in [1.807, 2.05) is 12.1 Å². The number of fused-ring (bicyclic) bond motifs is 2. The van der Waals surface area contributed by atoms with Crippen molar-refractivity contribution in [1.29, 1.82) is 0 Å². The molecule has 0 fully saturated rings. The number of nitrogens with one attached hydrogen (secondary N) is 3. The fraction of sp³-hybridized carbons (Fsp3) is 0.0526. The smallest absolute Gasteiger partial charge is 0.262 e. The number of benzene rings is 2. The van der Waals surface area contributed by atoms with Crippen LogP contribution in [0.5, 0.6) is 0 Å². The number of carbonyl (C=O) groups is 1. The van der Waals surface area contributed by atoms with E-state index in [9.17, 15) is 9.59 Å². The van der Waals surface area contributed by atoms with Crippen LogP contribution in [-0.4, -0.2) is 25.7 Å². The van der Waals surface area contributed by atoms with Crippen LogP contribution in [0, 0.1) is 4.77 Å². The number of aromatic nitrogens is 4. The van der Waals surface area contributed by atoms with Crippen LogP contribution < -0.4 is 10.9 Å². The van der Waals surface area contributed by atoms with E-state index in [2.05, 4.69) is 27.1 Å². The molecule has 0 radical (unpaired) electrons. The van der Waals surface area contributed by atoms with Crippen molar-refractivity contribution in [3.8, 4) is 0 Å². The number of amides is 1. The molecule has 4 rings (SSSR count). The van der Waals surface area contributed by atoms with E-state index in [1.165, 1.54) is 4.57 Å². The summed E-state index contributed by atoms with van der Waals surface area (Å²) in [5.74, 6) is -0.283. The first kappa shape index (κ1) is 16.9. The molecule has 0 unspecified atom stereocenters. The van der Waals surface area contributed by atoms with Gasteiger partial charge in [-0.25, -0.2) is 0 Å². The van der Waals surface area contributed by atoms with Crippen molar-refractivity contribution in [3.63, 3.8) is 0 Å². The Hall–Kier alpha value is -3.52. The lowest BCUT2D eigenvalue weighted by atomic mass is 10.1. The van der Waals surface area contributed by atoms with Gasteiger partial charge in [0.25, 0.3) is 11.5 Å². The molecule has 0 saturated heterocycles. The number of rotatable bonds is 4. The van der Waals surface area contributed by atoms with E-state index < -0.39 is 0 Å². The quantitative estimate of drug-likeness (QED) is 0.375. The molecule has 2 aromatic heterocycles. The van der Waals surface area contributed by atoms with Crippen LogP contribution in [0.2, 0.25) is 0 Å². The second-order valence-corrected chi connectivity index (χ2v) is 6.41. The van der Waals surface area contributed by atoms with Crippen molar-refractivity contribution in [3.05, 3.63) is 75.9 Å². The van der Waals surface area contributed by atoms with Crippen LogP contribution in [0.15, 0.2) is 60.0 Å². The third-order valence-corrected chi connectivity index (χ3v) is 4.58. The van der Waals surface area contributed by atoms with Crippen LogP contribution in [0.4, 0.5) is 5.69 Å². The van der Waals surface area contributed by atoms with E-state index in [-0.39, 0.29) is 16.2 Å². The lowest BCUT2D eigenvalue weighted by Gasteiger charge is -2.08. The molecule has 0 atom stereocenters. The monoisotopic (exact) mass is 377 g/mol. The zero-order valence-corrected chi connectivity index (χ0v) is 15.0. The second kappa shape index (κ2) is 6.65. The second-order valence-electron chi connectivity index (χ2n) is 6.02. The van der Waals surface area contributed by atoms with Crippen LogP contribution in [-0.2, 0) is 6.54 Å². The van der Waals surface area contributed by atoms with Gasteiger partial charge in [-0.05, 0) is 48.6 Å². The molecule has 134 valence electrons. The minimum absolute atomic E-state index is 0.217. The predicted octanol–water partition coefficient (Wildman–Crippen LogP) is 3.37. The number of allylic oxidation sites excluding steroid dienone is 1. The zero-order chi connectivity index (χ0) is 19.0. The lowest BCUT2D eigenvalue weighted by Crippen LogP contribution is -2.22. The van der Waals surface area contributed by atoms with E-state index in [0.29, 0.717) is 28.7 Å². The molecule has 0 spiro atoms. The third kappa shape index (κ3) is 3.06. The van der Waals surface area contributed by atoms with Crippen molar-refractivity contribution in [1.82, 2.24) is 19.7 Å². The number of aromatic amines is 2. The van der Waals surface area contributed by atoms with E-state index in [1.54, 1.807) is 36.5 Å². The highest BCUT2D eigenvalue weighted by atomic mass is 32.1. The molecule has 0 saturated carbocycles. The molecule has 27 heavy (non-hydrogen) atoms. The summed E-state index contributed by atoms with van der Waals surface area (Å²) >= 11 is 5.23. The maximum atomic E-state index is 12.6. The molecule has 7 nitrogen and oxygen atoms in total. The molecule has 3 N–H and O–H groups in total. The first-order chi connectivity index (χ1) is 13.1. The highest BCUT2D eigenvalue weighted by Crippen LogP contribution is 2.18. The van der Waals surface area contributed by atoms with Crippen LogP contribution in [0.3, 0.4) is 0 Å². The normalized spacial score (nSPS) is 11.0. The van der Waals surface area contributed by atoms with Crippen LogP contribution in [0.1, 0.15) is 10.4 Å². The number of carbonyl (C=O) groups excluding carboxylic acids is 1. The van der Waals surface area contributed by atoms with Crippen LogP contribution in [0.25, 0.3) is 21.8 Å². The average Bonchev–Trinajstić information content (AvgIpc) is 3.12. The van der Waals surface area contributed by atoms with Gasteiger partial charge in [-0.2, -0.15) is 5.10 Å². The predicted molar refractivity (Wildman–Crippen MR) is 108 cm³/mol. The van der Waals surface area contributed by atoms with Gasteiger partial charge in [0.05, 0.1) is 22.6 Å². The van der Waals surface area contributed by atoms with Gasteiger partial charge in [0.1, 0.15) is 0 Å². The molecule has 0 bridgehead atoms. The molecular weight excluding hydrogens is 362 g/mol. The summed E-state index contributed by atoms with van der Waals surface area (Å²) in [6.45, 7) is 3.95. The maximum absolute atomic E-state index is 12.6. The zero-order valence-electron chi connectivity index (χ0n) is 14.2. The first-order valence-corrected chi connectivity index (χ1v) is 8.60. The SMILES string of the molecule is C=CCn1c(=S)[nH]c2cc(C(=O)Nc3ccc4[nH]ncc4c3)ccc2c1=O. The maximum Gasteiger partial charge on any atom is 0.262 e. The van der Waals surface area contributed by atoms with Gasteiger partial charge in [0, 0.05) is 23.2 Å². The molecule has 0 aliphatic heterocycles. The molecule has 8 heteroatoms. The van der Waals surface area contributed by atoms with Gasteiger partial charge in [-0.3, -0.25) is 19.3 Å². The van der Waals surface area contributed by atoms with Crippen molar-refractivity contribution >= 4 is 45.6 Å².